The number of nitrogens with one attached hydrogen (secondary N) is 3. The summed E-state index contributed by atoms with van der Waals surface area (Å²) in [5.74, 6) is -2.78. The molecule has 0 bridgehead atoms. The van der Waals surface area contributed by atoms with E-state index in [1.165, 1.54) is 0 Å². The van der Waals surface area contributed by atoms with Gasteiger partial charge >= 0.3 is 13.7 Å². The number of carbonyl (C=O) groups is 3. The fourth-order valence-electron chi connectivity index (χ4n) is 5.43. The van der Waals surface area contributed by atoms with Crippen LogP contribution in [0.4, 0.5) is 4.79 Å². The van der Waals surface area contributed by atoms with Crippen LogP contribution in [0.15, 0.2) is 24.3 Å². The second-order valence-electron chi connectivity index (χ2n) is 10.6. The Kier molecular flexibility index (Phi) is 13.4. The number of benzene rings is 1. The van der Waals surface area contributed by atoms with Crippen molar-refractivity contribution in [1.29, 1.82) is 0 Å². The molecule has 1 aliphatic carbocycles. The minimum atomic E-state index is -4.05. The molecule has 1 heterocycles. The van der Waals surface area contributed by atoms with Gasteiger partial charge in [-0.25, -0.2) is 4.79 Å². The summed E-state index contributed by atoms with van der Waals surface area (Å²) in [6, 6.07) is 4.81. The first-order chi connectivity index (χ1) is 19.6. The lowest BCUT2D eigenvalue weighted by Gasteiger charge is -2.32. The minimum Gasteiger partial charge on any atom is -0.445 e. The van der Waals surface area contributed by atoms with Gasteiger partial charge in [0.15, 0.2) is 5.85 Å². The third kappa shape index (κ3) is 10.3. The normalized spacial score (nSPS) is 20.1. The Balaban J connectivity index is 1.77. The first kappa shape index (κ1) is 33.3. The highest BCUT2D eigenvalue weighted by Gasteiger charge is 2.43. The number of rotatable bonds is 15. The lowest BCUT2D eigenvalue weighted by molar-refractivity contribution is -0.126. The van der Waals surface area contributed by atoms with Gasteiger partial charge in [-0.3, -0.25) is 14.2 Å². The first-order valence-electron chi connectivity index (χ1n) is 14.5. The maximum absolute atomic E-state index is 13.7. The Labute approximate surface area is 246 Å². The van der Waals surface area contributed by atoms with E-state index in [0.717, 1.165) is 32.1 Å². The number of hydrogen-bond acceptors (Lipinski definition) is 8. The first-order valence-corrected chi connectivity index (χ1v) is 16.5. The Morgan fingerprint density at radius 1 is 1.10 bits per heavy atom. The smallest absolute Gasteiger partial charge is 0.408 e. The van der Waals surface area contributed by atoms with Gasteiger partial charge in [-0.1, -0.05) is 55.8 Å². The van der Waals surface area contributed by atoms with Crippen LogP contribution < -0.4 is 16.0 Å². The highest BCUT2D eigenvalue weighted by molar-refractivity contribution is 7.54. The molecule has 4 N–H and O–H groups in total. The molecule has 13 heteroatoms. The lowest BCUT2D eigenvalue weighted by Crippen LogP contribution is -2.54. The molecule has 4 atom stereocenters. The summed E-state index contributed by atoms with van der Waals surface area (Å²) in [6.07, 6.45) is 5.21. The number of carbonyl (C=O) groups excluding carboxylic acids is 3. The predicted octanol–water partition coefficient (Wildman–Crippen LogP) is 4.50. The SMILES string of the molecule is CCOP(=O)(OCC)C(O)C(C[C@@H]1CCNC1=O)NC(=O)C(CC1CCCCC1)NC(=O)OCc1cccc(Cl)c1. The van der Waals surface area contributed by atoms with Gasteiger partial charge in [0.25, 0.3) is 0 Å². The molecule has 1 aromatic carbocycles. The van der Waals surface area contributed by atoms with Gasteiger partial charge in [0.1, 0.15) is 12.6 Å². The Hall–Kier alpha value is -2.17. The lowest BCUT2D eigenvalue weighted by atomic mass is 9.84. The van der Waals surface area contributed by atoms with E-state index in [4.69, 9.17) is 25.4 Å². The molecule has 3 rings (SSSR count). The number of halogens is 1. The van der Waals surface area contributed by atoms with Gasteiger partial charge in [-0.2, -0.15) is 0 Å². The van der Waals surface area contributed by atoms with E-state index in [9.17, 15) is 24.1 Å². The highest BCUT2D eigenvalue weighted by atomic mass is 35.5. The van der Waals surface area contributed by atoms with E-state index in [-0.39, 0.29) is 38.1 Å². The summed E-state index contributed by atoms with van der Waals surface area (Å²) in [7, 11) is -4.05. The number of hydrogen-bond donors (Lipinski definition) is 4. The average molecular weight is 616 g/mol. The monoisotopic (exact) mass is 615 g/mol. The zero-order valence-corrected chi connectivity index (χ0v) is 25.5. The standard InChI is InChI=1S/C28H43ClN3O8P/c1-3-39-41(37,40-4-2)27(35)24(17-21-13-14-30-25(21)33)31-26(34)23(16-19-9-6-5-7-10-19)32-28(36)38-18-20-11-8-12-22(29)15-20/h8,11-12,15,19,21,23-24,27,35H,3-7,9-10,13-14,16-18H2,1-2H3,(H,30,33)(H,31,34)(H,32,36)/t21-,23?,24?,27?/m0/s1. The van der Waals surface area contributed by atoms with Crippen LogP contribution in [0.3, 0.4) is 0 Å². The van der Waals surface area contributed by atoms with Crippen LogP contribution in [0.25, 0.3) is 0 Å². The molecule has 3 unspecified atom stereocenters. The molecule has 0 radical (unpaired) electrons. The van der Waals surface area contributed by atoms with Gasteiger partial charge in [0.05, 0.1) is 19.3 Å². The van der Waals surface area contributed by atoms with Crippen LogP contribution in [0.5, 0.6) is 0 Å². The molecule has 0 spiro atoms. The molecule has 2 fully saturated rings. The molecule has 3 amide bonds. The second kappa shape index (κ2) is 16.5. The zero-order valence-electron chi connectivity index (χ0n) is 23.8. The Bertz CT molecular complexity index is 1060. The Morgan fingerprint density at radius 2 is 1.80 bits per heavy atom. The topological polar surface area (TPSA) is 152 Å². The largest absolute Gasteiger partial charge is 0.445 e. The number of alkyl carbamates (subject to hydrolysis) is 1. The zero-order chi connectivity index (χ0) is 29.8. The van der Waals surface area contributed by atoms with Crippen LogP contribution in [0.1, 0.15) is 70.8 Å². The van der Waals surface area contributed by atoms with Gasteiger partial charge in [0.2, 0.25) is 11.8 Å². The van der Waals surface area contributed by atoms with Crippen molar-refractivity contribution in [3.05, 3.63) is 34.9 Å². The van der Waals surface area contributed by atoms with Crippen molar-refractivity contribution in [2.45, 2.75) is 89.7 Å². The molecule has 41 heavy (non-hydrogen) atoms. The average Bonchev–Trinajstić information content (AvgIpc) is 3.35. The van der Waals surface area contributed by atoms with Crippen LogP contribution in [-0.4, -0.2) is 60.7 Å². The fourth-order valence-corrected chi connectivity index (χ4v) is 7.38. The highest BCUT2D eigenvalue weighted by Crippen LogP contribution is 2.53. The Morgan fingerprint density at radius 3 is 2.41 bits per heavy atom. The quantitative estimate of drug-likeness (QED) is 0.211. The number of aliphatic hydroxyl groups is 1. The summed E-state index contributed by atoms with van der Waals surface area (Å²) in [5, 5.41) is 19.9. The molecule has 0 aromatic heterocycles. The van der Waals surface area contributed by atoms with Crippen LogP contribution in [-0.2, 0) is 34.5 Å². The van der Waals surface area contributed by atoms with Crippen LogP contribution in [0.2, 0.25) is 5.02 Å². The van der Waals surface area contributed by atoms with E-state index in [1.54, 1.807) is 38.1 Å². The summed E-state index contributed by atoms with van der Waals surface area (Å²) >= 11 is 6.02. The van der Waals surface area contributed by atoms with Gasteiger partial charge in [-0.05, 0) is 56.7 Å². The van der Waals surface area contributed by atoms with Crippen molar-refractivity contribution in [1.82, 2.24) is 16.0 Å². The van der Waals surface area contributed by atoms with Crippen molar-refractivity contribution in [2.24, 2.45) is 11.8 Å². The molecular formula is C28H43ClN3O8P. The molecule has 230 valence electrons. The molecule has 1 saturated heterocycles. The van der Waals surface area contributed by atoms with E-state index >= 15 is 0 Å². The van der Waals surface area contributed by atoms with Crippen LogP contribution >= 0.6 is 19.2 Å². The maximum atomic E-state index is 13.7. The summed E-state index contributed by atoms with van der Waals surface area (Å²) in [6.45, 7) is 3.71. The molecule has 1 aromatic rings. The molecular weight excluding hydrogens is 573 g/mol. The van der Waals surface area contributed by atoms with Gasteiger partial charge in [0, 0.05) is 17.5 Å². The number of amides is 3. The molecule has 2 aliphatic rings. The van der Waals surface area contributed by atoms with Crippen molar-refractivity contribution < 1.29 is 37.8 Å². The van der Waals surface area contributed by atoms with Gasteiger partial charge in [-0.15, -0.1) is 0 Å². The van der Waals surface area contributed by atoms with E-state index in [2.05, 4.69) is 16.0 Å². The summed E-state index contributed by atoms with van der Waals surface area (Å²) in [4.78, 5) is 38.9. The summed E-state index contributed by atoms with van der Waals surface area (Å²) in [5.41, 5.74) is 0.696. The second-order valence-corrected chi connectivity index (χ2v) is 13.1. The fraction of sp³-hybridized carbons (Fsp3) is 0.679. The van der Waals surface area contributed by atoms with Crippen molar-refractivity contribution in [2.75, 3.05) is 19.8 Å². The van der Waals surface area contributed by atoms with E-state index in [1.807, 2.05) is 0 Å². The van der Waals surface area contributed by atoms with E-state index in [0.29, 0.717) is 30.0 Å². The van der Waals surface area contributed by atoms with Crippen molar-refractivity contribution in [3.63, 3.8) is 0 Å². The number of ether oxygens (including phenoxy) is 1. The number of aliphatic hydroxyl groups excluding tert-OH is 1. The third-order valence-electron chi connectivity index (χ3n) is 7.49. The predicted molar refractivity (Wildman–Crippen MR) is 154 cm³/mol. The minimum absolute atomic E-state index is 0.0171. The van der Waals surface area contributed by atoms with Crippen molar-refractivity contribution in [3.8, 4) is 0 Å². The van der Waals surface area contributed by atoms with Gasteiger partial charge < -0.3 is 34.8 Å². The third-order valence-corrected chi connectivity index (χ3v) is 9.97. The van der Waals surface area contributed by atoms with E-state index < -0.39 is 43.4 Å². The molecule has 1 saturated carbocycles. The summed E-state index contributed by atoms with van der Waals surface area (Å²) < 4.78 is 29.5. The molecule has 1 aliphatic heterocycles. The van der Waals surface area contributed by atoms with Crippen molar-refractivity contribution >= 4 is 37.1 Å². The van der Waals surface area contributed by atoms with Crippen LogP contribution in [0, 0.1) is 11.8 Å². The molecule has 11 nitrogen and oxygen atoms in total. The maximum Gasteiger partial charge on any atom is 0.408 e.